The molecule has 2 aromatic heterocycles. The van der Waals surface area contributed by atoms with Crippen molar-refractivity contribution in [1.29, 1.82) is 0 Å². The molecule has 162 valence electrons. The number of carbonyl (C=O) groups is 2. The van der Waals surface area contributed by atoms with Gasteiger partial charge in [0.1, 0.15) is 11.4 Å². The summed E-state index contributed by atoms with van der Waals surface area (Å²) < 4.78 is 7.22. The number of hydrogen-bond donors (Lipinski definition) is 2. The number of hydrogen-bond acceptors (Lipinski definition) is 5. The Morgan fingerprint density at radius 2 is 2.00 bits per heavy atom. The molecule has 0 radical (unpaired) electrons. The SMILES string of the molecule is COc1cc(C(=O)N2CCC3(CC2)Cc2cnn(C(C)C)c2C(=O)N3)cc2[nH]ncc12. The van der Waals surface area contributed by atoms with Gasteiger partial charge < -0.3 is 15.0 Å². The lowest BCUT2D eigenvalue weighted by molar-refractivity contribution is 0.0602. The summed E-state index contributed by atoms with van der Waals surface area (Å²) in [7, 11) is 1.59. The fourth-order valence-electron chi connectivity index (χ4n) is 4.81. The maximum atomic E-state index is 13.2. The standard InChI is InChI=1S/C22H26N6O3/c1-13(2)28-19-15(11-24-28)10-22(25-20(19)29)4-6-27(7-5-22)21(30)14-8-17-16(12-23-26-17)18(9-14)31-3/h8-9,11-13H,4-7,10H2,1-3H3,(H,23,26)(H,25,29). The van der Waals surface area contributed by atoms with Gasteiger partial charge in [-0.05, 0) is 45.2 Å². The van der Waals surface area contributed by atoms with Crippen LogP contribution in [-0.4, -0.2) is 62.4 Å². The van der Waals surface area contributed by atoms with Crippen molar-refractivity contribution in [3.63, 3.8) is 0 Å². The lowest BCUT2D eigenvalue weighted by atomic mass is 9.79. The minimum absolute atomic E-state index is 0.0416. The van der Waals surface area contributed by atoms with Crippen molar-refractivity contribution >= 4 is 22.7 Å². The summed E-state index contributed by atoms with van der Waals surface area (Å²) in [6.07, 6.45) is 5.67. The minimum Gasteiger partial charge on any atom is -0.496 e. The fourth-order valence-corrected chi connectivity index (χ4v) is 4.81. The van der Waals surface area contributed by atoms with E-state index in [1.807, 2.05) is 31.0 Å². The first-order valence-corrected chi connectivity index (χ1v) is 10.6. The van der Waals surface area contributed by atoms with Gasteiger partial charge >= 0.3 is 0 Å². The molecule has 2 aliphatic rings. The monoisotopic (exact) mass is 422 g/mol. The topological polar surface area (TPSA) is 105 Å². The summed E-state index contributed by atoms with van der Waals surface area (Å²) in [4.78, 5) is 27.9. The number of nitrogens with zero attached hydrogens (tertiary/aromatic N) is 4. The van der Waals surface area contributed by atoms with Gasteiger partial charge in [-0.1, -0.05) is 0 Å². The van der Waals surface area contributed by atoms with Crippen LogP contribution in [0.4, 0.5) is 0 Å². The molecule has 0 aliphatic carbocycles. The molecular weight excluding hydrogens is 396 g/mol. The Morgan fingerprint density at radius 3 is 2.71 bits per heavy atom. The number of ether oxygens (including phenoxy) is 1. The van der Waals surface area contributed by atoms with Gasteiger partial charge in [-0.25, -0.2) is 0 Å². The number of benzene rings is 1. The van der Waals surface area contributed by atoms with Crippen LogP contribution < -0.4 is 10.1 Å². The van der Waals surface area contributed by atoms with Crippen molar-refractivity contribution < 1.29 is 14.3 Å². The molecular formula is C22H26N6O3. The van der Waals surface area contributed by atoms with Crippen LogP contribution in [0.3, 0.4) is 0 Å². The maximum Gasteiger partial charge on any atom is 0.270 e. The number of fused-ring (bicyclic) bond motifs is 2. The third-order valence-electron chi connectivity index (χ3n) is 6.48. The highest BCUT2D eigenvalue weighted by atomic mass is 16.5. The van der Waals surface area contributed by atoms with Gasteiger partial charge in [-0.3, -0.25) is 19.4 Å². The van der Waals surface area contributed by atoms with Gasteiger partial charge in [0.25, 0.3) is 11.8 Å². The molecule has 5 rings (SSSR count). The van der Waals surface area contributed by atoms with E-state index in [-0.39, 0.29) is 23.4 Å². The Kier molecular flexibility index (Phi) is 4.49. The summed E-state index contributed by atoms with van der Waals surface area (Å²) in [6, 6.07) is 3.71. The predicted octanol–water partition coefficient (Wildman–Crippen LogP) is 2.31. The van der Waals surface area contributed by atoms with Crippen molar-refractivity contribution in [2.24, 2.45) is 0 Å². The molecule has 0 saturated carbocycles. The zero-order valence-corrected chi connectivity index (χ0v) is 17.9. The molecule has 31 heavy (non-hydrogen) atoms. The van der Waals surface area contributed by atoms with E-state index in [0.29, 0.717) is 42.9 Å². The number of rotatable bonds is 3. The molecule has 0 bridgehead atoms. The molecule has 9 nitrogen and oxygen atoms in total. The summed E-state index contributed by atoms with van der Waals surface area (Å²) in [5.74, 6) is 0.513. The molecule has 1 fully saturated rings. The van der Waals surface area contributed by atoms with E-state index in [4.69, 9.17) is 4.74 Å². The second-order valence-electron chi connectivity index (χ2n) is 8.77. The molecule has 0 atom stereocenters. The number of aromatic amines is 1. The largest absolute Gasteiger partial charge is 0.496 e. The first-order chi connectivity index (χ1) is 14.9. The smallest absolute Gasteiger partial charge is 0.270 e. The molecule has 1 saturated heterocycles. The van der Waals surface area contributed by atoms with E-state index >= 15 is 0 Å². The third kappa shape index (κ3) is 3.15. The van der Waals surface area contributed by atoms with Crippen molar-refractivity contribution in [3.05, 3.63) is 41.3 Å². The lowest BCUT2D eigenvalue weighted by Crippen LogP contribution is -2.59. The van der Waals surface area contributed by atoms with Crippen molar-refractivity contribution in [2.75, 3.05) is 20.2 Å². The van der Waals surface area contributed by atoms with Gasteiger partial charge in [0.2, 0.25) is 0 Å². The Morgan fingerprint density at radius 1 is 1.23 bits per heavy atom. The molecule has 2 N–H and O–H groups in total. The number of carbonyl (C=O) groups excluding carboxylic acids is 2. The lowest BCUT2D eigenvalue weighted by Gasteiger charge is -2.44. The van der Waals surface area contributed by atoms with E-state index in [9.17, 15) is 9.59 Å². The second-order valence-corrected chi connectivity index (χ2v) is 8.77. The highest BCUT2D eigenvalue weighted by Gasteiger charge is 2.43. The highest BCUT2D eigenvalue weighted by molar-refractivity contribution is 6.00. The van der Waals surface area contributed by atoms with Crippen LogP contribution in [0.5, 0.6) is 5.75 Å². The number of amides is 2. The van der Waals surface area contributed by atoms with Gasteiger partial charge in [0, 0.05) is 35.8 Å². The molecule has 9 heteroatoms. The average Bonchev–Trinajstić information content (AvgIpc) is 3.40. The van der Waals surface area contributed by atoms with Crippen LogP contribution in [0.1, 0.15) is 59.1 Å². The number of piperidine rings is 1. The highest BCUT2D eigenvalue weighted by Crippen LogP contribution is 2.34. The Balaban J connectivity index is 1.33. The summed E-state index contributed by atoms with van der Waals surface area (Å²) >= 11 is 0. The third-order valence-corrected chi connectivity index (χ3v) is 6.48. The van der Waals surface area contributed by atoms with Gasteiger partial charge in [0.15, 0.2) is 0 Å². The minimum atomic E-state index is -0.323. The second kappa shape index (κ2) is 7.11. The Bertz CT molecular complexity index is 1170. The summed E-state index contributed by atoms with van der Waals surface area (Å²) in [6.45, 7) is 5.20. The molecule has 1 aromatic carbocycles. The maximum absolute atomic E-state index is 13.2. The Labute approximate surface area is 179 Å². The van der Waals surface area contributed by atoms with E-state index in [1.165, 1.54) is 0 Å². The van der Waals surface area contributed by atoms with Crippen LogP contribution in [0, 0.1) is 0 Å². The van der Waals surface area contributed by atoms with Crippen LogP contribution >= 0.6 is 0 Å². The van der Waals surface area contributed by atoms with Gasteiger partial charge in [-0.2, -0.15) is 10.2 Å². The molecule has 2 aliphatic heterocycles. The number of nitrogens with one attached hydrogen (secondary N) is 2. The number of H-pyrrole nitrogens is 1. The molecule has 3 aromatic rings. The number of likely N-dealkylation sites (tertiary alicyclic amines) is 1. The van der Waals surface area contributed by atoms with Crippen LogP contribution in [0.2, 0.25) is 0 Å². The molecule has 2 amide bonds. The summed E-state index contributed by atoms with van der Waals surface area (Å²) in [5, 5.41) is 15.4. The average molecular weight is 422 g/mol. The van der Waals surface area contributed by atoms with Crippen molar-refractivity contribution in [3.8, 4) is 5.75 Å². The van der Waals surface area contributed by atoms with E-state index < -0.39 is 0 Å². The number of methoxy groups -OCH3 is 1. The van der Waals surface area contributed by atoms with Crippen LogP contribution in [0.25, 0.3) is 10.9 Å². The quantitative estimate of drug-likeness (QED) is 0.674. The molecule has 1 spiro atoms. The van der Waals surface area contributed by atoms with Gasteiger partial charge in [-0.15, -0.1) is 0 Å². The molecule has 0 unspecified atom stereocenters. The van der Waals surface area contributed by atoms with Crippen molar-refractivity contribution in [2.45, 2.75) is 44.7 Å². The van der Waals surface area contributed by atoms with Crippen LogP contribution in [0.15, 0.2) is 24.5 Å². The van der Waals surface area contributed by atoms with Gasteiger partial charge in [0.05, 0.1) is 30.4 Å². The first kappa shape index (κ1) is 19.6. The van der Waals surface area contributed by atoms with Crippen LogP contribution in [-0.2, 0) is 6.42 Å². The summed E-state index contributed by atoms with van der Waals surface area (Å²) in [5.41, 5.74) is 2.67. The fraction of sp³-hybridized carbons (Fsp3) is 0.455. The van der Waals surface area contributed by atoms with Crippen molar-refractivity contribution in [1.82, 2.24) is 30.2 Å². The zero-order chi connectivity index (χ0) is 21.8. The zero-order valence-electron chi connectivity index (χ0n) is 17.9. The Hall–Kier alpha value is -3.36. The predicted molar refractivity (Wildman–Crippen MR) is 114 cm³/mol. The van der Waals surface area contributed by atoms with E-state index in [0.717, 1.165) is 22.9 Å². The number of aromatic nitrogens is 4. The van der Waals surface area contributed by atoms with E-state index in [1.54, 1.807) is 24.1 Å². The normalized spacial score (nSPS) is 17.8. The van der Waals surface area contributed by atoms with E-state index in [2.05, 4.69) is 20.6 Å². The molecule has 4 heterocycles. The first-order valence-electron chi connectivity index (χ1n) is 10.6.